The molecule has 0 saturated carbocycles. The molecule has 1 aromatic heterocycles. The van der Waals surface area contributed by atoms with E-state index in [2.05, 4.69) is 15.1 Å². The Labute approximate surface area is 143 Å². The van der Waals surface area contributed by atoms with Crippen LogP contribution in [0.4, 0.5) is 9.52 Å². The second-order valence-electron chi connectivity index (χ2n) is 5.53. The number of benzene rings is 1. The number of hydrogen-bond donors (Lipinski definition) is 0. The van der Waals surface area contributed by atoms with Crippen molar-refractivity contribution in [1.29, 1.82) is 0 Å². The van der Waals surface area contributed by atoms with Crippen molar-refractivity contribution in [3.8, 4) is 0 Å². The Morgan fingerprint density at radius 1 is 1.22 bits per heavy atom. The van der Waals surface area contributed by atoms with Crippen LogP contribution in [-0.2, 0) is 0 Å². The van der Waals surface area contributed by atoms with E-state index in [0.717, 1.165) is 22.6 Å². The van der Waals surface area contributed by atoms with Gasteiger partial charge >= 0.3 is 0 Å². The maximum absolute atomic E-state index is 12.9. The maximum Gasteiger partial charge on any atom is 0.209 e. The van der Waals surface area contributed by atoms with E-state index in [1.54, 1.807) is 0 Å². The van der Waals surface area contributed by atoms with Crippen molar-refractivity contribution in [3.63, 3.8) is 0 Å². The van der Waals surface area contributed by atoms with Gasteiger partial charge in [0.25, 0.3) is 0 Å². The van der Waals surface area contributed by atoms with Crippen LogP contribution in [0.5, 0.6) is 0 Å². The minimum Gasteiger partial charge on any atom is -0.347 e. The highest BCUT2D eigenvalue weighted by Gasteiger charge is 2.20. The van der Waals surface area contributed by atoms with Gasteiger partial charge in [0.2, 0.25) is 5.13 Å². The zero-order valence-corrected chi connectivity index (χ0v) is 14.5. The summed E-state index contributed by atoms with van der Waals surface area (Å²) in [5.74, 6) is -0.359. The number of aromatic nitrogens is 2. The third-order valence-electron chi connectivity index (χ3n) is 3.80. The Morgan fingerprint density at radius 3 is 2.61 bits per heavy atom. The fourth-order valence-corrected chi connectivity index (χ4v) is 4.63. The molecule has 0 radical (unpaired) electrons. The predicted octanol–water partition coefficient (Wildman–Crippen LogP) is 4.03. The molecule has 7 heteroatoms. The van der Waals surface area contributed by atoms with E-state index in [4.69, 9.17) is 0 Å². The second-order valence-corrected chi connectivity index (χ2v) is 8.07. The van der Waals surface area contributed by atoms with Crippen molar-refractivity contribution in [1.82, 2.24) is 10.2 Å². The van der Waals surface area contributed by atoms with Crippen LogP contribution in [0.2, 0.25) is 0 Å². The molecule has 0 spiro atoms. The molecule has 0 bridgehead atoms. The molecule has 0 aliphatic carbocycles. The molecule has 3 rings (SSSR count). The summed E-state index contributed by atoms with van der Waals surface area (Å²) >= 11 is 2.95. The Balaban J connectivity index is 1.63. The average molecular weight is 351 g/mol. The quantitative estimate of drug-likeness (QED) is 0.601. The normalized spacial score (nSPS) is 16.3. The average Bonchev–Trinajstić information content (AvgIpc) is 3.04. The molecule has 1 atom stereocenters. The molecule has 23 heavy (non-hydrogen) atoms. The van der Waals surface area contributed by atoms with Gasteiger partial charge in [-0.15, -0.1) is 10.2 Å². The van der Waals surface area contributed by atoms with Crippen molar-refractivity contribution in [2.45, 2.75) is 35.8 Å². The highest BCUT2D eigenvalue weighted by atomic mass is 32.2. The number of carbonyl (C=O) groups is 1. The number of rotatable bonds is 5. The number of anilines is 1. The largest absolute Gasteiger partial charge is 0.347 e. The van der Waals surface area contributed by atoms with Crippen molar-refractivity contribution in [3.05, 3.63) is 35.6 Å². The maximum atomic E-state index is 12.9. The highest BCUT2D eigenvalue weighted by Crippen LogP contribution is 2.32. The highest BCUT2D eigenvalue weighted by molar-refractivity contribution is 8.02. The third-order valence-corrected chi connectivity index (χ3v) is 5.97. The van der Waals surface area contributed by atoms with Crippen molar-refractivity contribution in [2.75, 3.05) is 18.0 Å². The third kappa shape index (κ3) is 4.09. The van der Waals surface area contributed by atoms with Crippen LogP contribution < -0.4 is 4.90 Å². The molecule has 122 valence electrons. The van der Waals surface area contributed by atoms with Crippen molar-refractivity contribution in [2.24, 2.45) is 0 Å². The van der Waals surface area contributed by atoms with Crippen molar-refractivity contribution >= 4 is 34.0 Å². The topological polar surface area (TPSA) is 46.1 Å². The number of piperidine rings is 1. The molecular formula is C16H18FN3OS2. The van der Waals surface area contributed by atoms with Crippen LogP contribution in [0.1, 0.15) is 36.5 Å². The fourth-order valence-electron chi connectivity index (χ4n) is 2.52. The minimum atomic E-state index is -0.336. The van der Waals surface area contributed by atoms with E-state index in [9.17, 15) is 9.18 Å². The Bertz CT molecular complexity index is 668. The molecular weight excluding hydrogens is 333 g/mol. The molecule has 1 fully saturated rings. The van der Waals surface area contributed by atoms with E-state index >= 15 is 0 Å². The number of carbonyl (C=O) groups excluding carboxylic acids is 1. The van der Waals surface area contributed by atoms with Gasteiger partial charge in [-0.25, -0.2) is 4.39 Å². The van der Waals surface area contributed by atoms with Gasteiger partial charge in [-0.05, 0) is 50.5 Å². The lowest BCUT2D eigenvalue weighted by Gasteiger charge is -2.25. The molecule has 1 aromatic carbocycles. The zero-order chi connectivity index (χ0) is 16.2. The summed E-state index contributed by atoms with van der Waals surface area (Å²) in [6.07, 6.45) is 3.67. The molecule has 4 nitrogen and oxygen atoms in total. The van der Waals surface area contributed by atoms with Crippen LogP contribution in [0.15, 0.2) is 28.6 Å². The van der Waals surface area contributed by atoms with Crippen LogP contribution in [0.3, 0.4) is 0 Å². The standard InChI is InChI=1S/C16H18FN3OS2/c1-11(14(21)12-5-7-13(17)8-6-12)22-16-19-18-15(23-16)20-9-3-2-4-10-20/h5-8,11H,2-4,9-10H2,1H3. The Kier molecular flexibility index (Phi) is 5.27. The van der Waals surface area contributed by atoms with Crippen LogP contribution in [-0.4, -0.2) is 34.3 Å². The zero-order valence-electron chi connectivity index (χ0n) is 12.9. The Hall–Kier alpha value is -1.47. The summed E-state index contributed by atoms with van der Waals surface area (Å²) in [5.41, 5.74) is 0.521. The predicted molar refractivity (Wildman–Crippen MR) is 92.0 cm³/mol. The second kappa shape index (κ2) is 7.40. The molecule has 0 amide bonds. The van der Waals surface area contributed by atoms with Gasteiger partial charge in [0, 0.05) is 18.7 Å². The van der Waals surface area contributed by atoms with Gasteiger partial charge in [0.1, 0.15) is 5.82 Å². The number of halogens is 1. The van der Waals surface area contributed by atoms with Crippen LogP contribution in [0, 0.1) is 5.82 Å². The monoisotopic (exact) mass is 351 g/mol. The molecule has 1 unspecified atom stereocenters. The number of nitrogens with zero attached hydrogens (tertiary/aromatic N) is 3. The minimum absolute atomic E-state index is 0.0234. The van der Waals surface area contributed by atoms with Gasteiger partial charge in [-0.2, -0.15) is 0 Å². The van der Waals surface area contributed by atoms with Crippen molar-refractivity contribution < 1.29 is 9.18 Å². The summed E-state index contributed by atoms with van der Waals surface area (Å²) in [4.78, 5) is 14.6. The first-order chi connectivity index (χ1) is 11.1. The summed E-state index contributed by atoms with van der Waals surface area (Å²) < 4.78 is 13.7. The summed E-state index contributed by atoms with van der Waals surface area (Å²) in [5, 5.41) is 9.11. The number of hydrogen-bond acceptors (Lipinski definition) is 6. The van der Waals surface area contributed by atoms with Gasteiger partial charge < -0.3 is 4.90 Å². The van der Waals surface area contributed by atoms with Crippen LogP contribution >= 0.6 is 23.1 Å². The fraction of sp³-hybridized carbons (Fsp3) is 0.438. The summed E-state index contributed by atoms with van der Waals surface area (Å²) in [6.45, 7) is 3.91. The lowest BCUT2D eigenvalue weighted by molar-refractivity contribution is 0.0994. The Morgan fingerprint density at radius 2 is 1.91 bits per heavy atom. The number of Topliss-reactive ketones (excluding diaryl/α,β-unsaturated/α-hetero) is 1. The van der Waals surface area contributed by atoms with E-state index in [-0.39, 0.29) is 16.9 Å². The molecule has 1 aliphatic rings. The number of thioether (sulfide) groups is 1. The van der Waals surface area contributed by atoms with Crippen LogP contribution in [0.25, 0.3) is 0 Å². The molecule has 1 saturated heterocycles. The van der Waals surface area contributed by atoms with Gasteiger partial charge in [0.05, 0.1) is 5.25 Å². The summed E-state index contributed by atoms with van der Waals surface area (Å²) in [7, 11) is 0. The molecule has 2 aromatic rings. The van der Waals surface area contributed by atoms with Gasteiger partial charge in [-0.3, -0.25) is 4.79 Å². The van der Waals surface area contributed by atoms with Gasteiger partial charge in [0.15, 0.2) is 10.1 Å². The first-order valence-corrected chi connectivity index (χ1v) is 9.38. The van der Waals surface area contributed by atoms with Gasteiger partial charge in [-0.1, -0.05) is 23.1 Å². The SMILES string of the molecule is CC(Sc1nnc(N2CCCCC2)s1)C(=O)c1ccc(F)cc1. The lowest BCUT2D eigenvalue weighted by atomic mass is 10.1. The first kappa shape index (κ1) is 16.4. The smallest absolute Gasteiger partial charge is 0.209 e. The van der Waals surface area contributed by atoms with E-state index in [0.29, 0.717) is 5.56 Å². The molecule has 2 heterocycles. The van der Waals surface area contributed by atoms with E-state index in [1.807, 2.05) is 6.92 Å². The molecule has 1 aliphatic heterocycles. The number of ketones is 1. The van der Waals surface area contributed by atoms with E-state index < -0.39 is 0 Å². The molecule has 0 N–H and O–H groups in total. The van der Waals surface area contributed by atoms with E-state index in [1.165, 1.54) is 66.6 Å². The summed E-state index contributed by atoms with van der Waals surface area (Å²) in [6, 6.07) is 5.66. The first-order valence-electron chi connectivity index (χ1n) is 7.68. The lowest BCUT2D eigenvalue weighted by Crippen LogP contribution is -2.29.